The third-order valence-corrected chi connectivity index (χ3v) is 5.05. The van der Waals surface area contributed by atoms with E-state index in [2.05, 4.69) is 123 Å². The fourth-order valence-corrected chi connectivity index (χ4v) is 3.15. The molecule has 0 aliphatic carbocycles. The summed E-state index contributed by atoms with van der Waals surface area (Å²) in [6.45, 7) is 8.55. The molecule has 0 saturated heterocycles. The smallest absolute Gasteiger partial charge is 0.0386 e. The second-order valence-corrected chi connectivity index (χ2v) is 7.22. The molecule has 1 aliphatic heterocycles. The molecule has 2 nitrogen and oxygen atoms in total. The Labute approximate surface area is 169 Å². The molecule has 0 saturated carbocycles. The number of hydrogen-bond donors (Lipinski definition) is 0. The molecule has 2 heteroatoms. The van der Waals surface area contributed by atoms with Gasteiger partial charge in [0.2, 0.25) is 0 Å². The van der Waals surface area contributed by atoms with Gasteiger partial charge in [0, 0.05) is 37.4 Å². The van der Waals surface area contributed by atoms with Gasteiger partial charge >= 0.3 is 0 Å². The summed E-state index contributed by atoms with van der Waals surface area (Å²) < 4.78 is 0. The van der Waals surface area contributed by atoms with E-state index >= 15 is 0 Å². The maximum atomic E-state index is 4.25. The molecule has 142 valence electrons. The zero-order valence-corrected chi connectivity index (χ0v) is 17.2. The molecule has 0 spiro atoms. The molecule has 0 unspecified atom stereocenters. The van der Waals surface area contributed by atoms with Crippen molar-refractivity contribution < 1.29 is 0 Å². The minimum absolute atomic E-state index is 0.970. The number of benzene rings is 2. The van der Waals surface area contributed by atoms with E-state index in [4.69, 9.17) is 0 Å². The highest BCUT2D eigenvalue weighted by atomic mass is 15.1. The Kier molecular flexibility index (Phi) is 6.00. The largest absolute Gasteiger partial charge is 0.378 e. The fourth-order valence-electron chi connectivity index (χ4n) is 3.15. The molecule has 2 aromatic rings. The van der Waals surface area contributed by atoms with Gasteiger partial charge in [0.1, 0.15) is 0 Å². The topological polar surface area (TPSA) is 6.48 Å². The van der Waals surface area contributed by atoms with Crippen LogP contribution in [0.3, 0.4) is 0 Å². The molecule has 2 aromatic carbocycles. The molecule has 0 amide bonds. The van der Waals surface area contributed by atoms with E-state index < -0.39 is 0 Å². The highest BCUT2D eigenvalue weighted by Gasteiger charge is 2.12. The summed E-state index contributed by atoms with van der Waals surface area (Å²) in [6.07, 6.45) is 10.6. The Hall–Kier alpha value is -3.26. The zero-order chi connectivity index (χ0) is 20.1. The average molecular weight is 369 g/mol. The van der Waals surface area contributed by atoms with Gasteiger partial charge < -0.3 is 9.80 Å². The number of allylic oxidation sites excluding steroid dienone is 6. The molecule has 1 aliphatic rings. The van der Waals surface area contributed by atoms with Gasteiger partial charge in [-0.05, 0) is 60.4 Å². The number of rotatable bonds is 5. The fraction of sp³-hybridized carbons (Fsp3) is 0.154. The third-order valence-electron chi connectivity index (χ3n) is 5.05. The Morgan fingerprint density at radius 1 is 0.929 bits per heavy atom. The van der Waals surface area contributed by atoms with Gasteiger partial charge in [0.15, 0.2) is 0 Å². The lowest BCUT2D eigenvalue weighted by molar-refractivity contribution is 0.593. The van der Waals surface area contributed by atoms with E-state index in [1.807, 2.05) is 6.07 Å². The quantitative estimate of drug-likeness (QED) is 0.595. The van der Waals surface area contributed by atoms with Crippen LogP contribution in [0.1, 0.15) is 25.0 Å². The standard InChI is InChI=1S/C26H28N2/c1-20-19-24(12-11-23-13-15-26(16-14-23)27(4)5)17-18-28(20)22(3)21(2)25-9-7-6-8-10-25/h6-19H,1H2,2-5H3/b12-11+,22-21+. The number of hydrogen-bond acceptors (Lipinski definition) is 2. The van der Waals surface area contributed by atoms with Crippen molar-refractivity contribution in [3.8, 4) is 0 Å². The molecule has 0 bridgehead atoms. The van der Waals surface area contributed by atoms with Crippen LogP contribution in [0.15, 0.2) is 103 Å². The zero-order valence-electron chi connectivity index (χ0n) is 17.2. The average Bonchev–Trinajstić information content (AvgIpc) is 2.72. The Bertz CT molecular complexity index is 955. The molecule has 28 heavy (non-hydrogen) atoms. The van der Waals surface area contributed by atoms with E-state index in [9.17, 15) is 0 Å². The van der Waals surface area contributed by atoms with Crippen LogP contribution in [-0.2, 0) is 0 Å². The molecule has 1 heterocycles. The van der Waals surface area contributed by atoms with Crippen molar-refractivity contribution in [3.05, 3.63) is 114 Å². The van der Waals surface area contributed by atoms with Gasteiger partial charge in [-0.1, -0.05) is 61.2 Å². The van der Waals surface area contributed by atoms with Crippen molar-refractivity contribution >= 4 is 17.3 Å². The first-order valence-electron chi connectivity index (χ1n) is 9.52. The van der Waals surface area contributed by atoms with E-state index in [0.717, 1.165) is 11.3 Å². The molecule has 0 radical (unpaired) electrons. The van der Waals surface area contributed by atoms with E-state index in [1.165, 1.54) is 28.1 Å². The second-order valence-electron chi connectivity index (χ2n) is 7.22. The van der Waals surface area contributed by atoms with Crippen molar-refractivity contribution in [1.82, 2.24) is 4.90 Å². The molecule has 0 atom stereocenters. The normalized spacial score (nSPS) is 14.9. The van der Waals surface area contributed by atoms with Crippen molar-refractivity contribution in [2.24, 2.45) is 0 Å². The summed E-state index contributed by atoms with van der Waals surface area (Å²) in [6, 6.07) is 19.0. The predicted octanol–water partition coefficient (Wildman–Crippen LogP) is 6.49. The Morgan fingerprint density at radius 3 is 2.21 bits per heavy atom. The molecule has 0 fully saturated rings. The summed E-state index contributed by atoms with van der Waals surface area (Å²) in [5, 5.41) is 0. The third kappa shape index (κ3) is 4.52. The van der Waals surface area contributed by atoms with Crippen LogP contribution in [0.5, 0.6) is 0 Å². The molecule has 0 N–H and O–H groups in total. The summed E-state index contributed by atoms with van der Waals surface area (Å²) in [5.41, 5.74) is 8.17. The lowest BCUT2D eigenvalue weighted by Crippen LogP contribution is -2.16. The Morgan fingerprint density at radius 2 is 1.61 bits per heavy atom. The first-order valence-corrected chi connectivity index (χ1v) is 9.52. The molecule has 3 rings (SSSR count). The maximum Gasteiger partial charge on any atom is 0.0386 e. The second kappa shape index (κ2) is 8.62. The van der Waals surface area contributed by atoms with Crippen molar-refractivity contribution in [2.45, 2.75) is 13.8 Å². The van der Waals surface area contributed by atoms with Gasteiger partial charge in [-0.3, -0.25) is 0 Å². The van der Waals surface area contributed by atoms with Gasteiger partial charge in [0.05, 0.1) is 0 Å². The number of nitrogens with zero attached hydrogens (tertiary/aromatic N) is 2. The van der Waals surface area contributed by atoms with Crippen LogP contribution in [0.4, 0.5) is 5.69 Å². The van der Waals surface area contributed by atoms with Crippen LogP contribution in [0.25, 0.3) is 11.6 Å². The van der Waals surface area contributed by atoms with Crippen LogP contribution >= 0.6 is 0 Å². The predicted molar refractivity (Wildman–Crippen MR) is 123 cm³/mol. The number of anilines is 1. The SMILES string of the molecule is C=C1C=C(/C=C/c2ccc(N(C)C)cc2)C=CN1/C(C)=C(\C)c1ccccc1. The molecular formula is C26H28N2. The monoisotopic (exact) mass is 368 g/mol. The van der Waals surface area contributed by atoms with E-state index in [1.54, 1.807) is 0 Å². The Balaban J connectivity index is 1.73. The minimum atomic E-state index is 0.970. The first-order chi connectivity index (χ1) is 13.5. The highest BCUT2D eigenvalue weighted by Crippen LogP contribution is 2.27. The lowest BCUT2D eigenvalue weighted by Gasteiger charge is -2.27. The molecular weight excluding hydrogens is 340 g/mol. The summed E-state index contributed by atoms with van der Waals surface area (Å²) in [4.78, 5) is 4.25. The van der Waals surface area contributed by atoms with E-state index in [-0.39, 0.29) is 0 Å². The maximum absolute atomic E-state index is 4.25. The van der Waals surface area contributed by atoms with Crippen molar-refractivity contribution in [2.75, 3.05) is 19.0 Å². The van der Waals surface area contributed by atoms with Crippen LogP contribution < -0.4 is 4.90 Å². The minimum Gasteiger partial charge on any atom is -0.378 e. The van der Waals surface area contributed by atoms with Gasteiger partial charge in [0.25, 0.3) is 0 Å². The van der Waals surface area contributed by atoms with Gasteiger partial charge in [-0.15, -0.1) is 0 Å². The van der Waals surface area contributed by atoms with Crippen molar-refractivity contribution in [1.29, 1.82) is 0 Å². The summed E-state index contributed by atoms with van der Waals surface area (Å²) in [5.74, 6) is 0. The van der Waals surface area contributed by atoms with E-state index in [0.29, 0.717) is 0 Å². The first kappa shape index (κ1) is 19.5. The van der Waals surface area contributed by atoms with Gasteiger partial charge in [-0.2, -0.15) is 0 Å². The summed E-state index contributed by atoms with van der Waals surface area (Å²) >= 11 is 0. The molecule has 0 aromatic heterocycles. The van der Waals surface area contributed by atoms with Crippen LogP contribution in [0.2, 0.25) is 0 Å². The summed E-state index contributed by atoms with van der Waals surface area (Å²) in [7, 11) is 4.10. The lowest BCUT2D eigenvalue weighted by atomic mass is 10.0. The van der Waals surface area contributed by atoms with Crippen LogP contribution in [-0.4, -0.2) is 19.0 Å². The van der Waals surface area contributed by atoms with Crippen molar-refractivity contribution in [3.63, 3.8) is 0 Å². The van der Waals surface area contributed by atoms with Gasteiger partial charge in [-0.25, -0.2) is 0 Å². The van der Waals surface area contributed by atoms with Crippen LogP contribution in [0, 0.1) is 0 Å². The highest BCUT2D eigenvalue weighted by molar-refractivity contribution is 5.67.